The lowest BCUT2D eigenvalue weighted by atomic mass is 9.99. The van der Waals surface area contributed by atoms with Crippen molar-refractivity contribution in [2.75, 3.05) is 13.1 Å². The maximum absolute atomic E-state index is 13.1. The molecule has 0 spiro atoms. The lowest BCUT2D eigenvalue weighted by Gasteiger charge is -2.29. The Labute approximate surface area is 152 Å². The molecule has 8 heteroatoms. The molecule has 3 rings (SSSR count). The summed E-state index contributed by atoms with van der Waals surface area (Å²) in [6, 6.07) is 1.73. The molecule has 1 aliphatic rings. The number of likely N-dealkylation sites (tertiary alicyclic amines) is 1. The van der Waals surface area contributed by atoms with Crippen molar-refractivity contribution in [1.29, 1.82) is 0 Å². The fourth-order valence-electron chi connectivity index (χ4n) is 3.60. The van der Waals surface area contributed by atoms with Gasteiger partial charge in [0.05, 0.1) is 35.7 Å². The molecule has 2 aromatic rings. The van der Waals surface area contributed by atoms with Crippen LogP contribution in [0, 0.1) is 5.92 Å². The highest BCUT2D eigenvalue weighted by molar-refractivity contribution is 5.80. The van der Waals surface area contributed by atoms with E-state index in [1.165, 1.54) is 0 Å². The van der Waals surface area contributed by atoms with E-state index in [1.54, 1.807) is 12.4 Å². The molecule has 2 atom stereocenters. The summed E-state index contributed by atoms with van der Waals surface area (Å²) in [5, 5.41) is 10.1. The average Bonchev–Trinajstić information content (AvgIpc) is 3.30. The molecule has 2 aromatic heterocycles. The second-order valence-corrected chi connectivity index (χ2v) is 6.77. The summed E-state index contributed by atoms with van der Waals surface area (Å²) in [5.41, 5.74) is 1.69. The number of fused-ring (bicyclic) bond motifs is 1. The molecule has 1 aliphatic heterocycles. The van der Waals surface area contributed by atoms with Crippen molar-refractivity contribution < 1.29 is 14.8 Å². The van der Waals surface area contributed by atoms with Gasteiger partial charge in [0.25, 0.3) is 0 Å². The Bertz CT molecular complexity index is 729. The van der Waals surface area contributed by atoms with Gasteiger partial charge in [0, 0.05) is 12.7 Å². The molecule has 0 aliphatic carbocycles. The largest absolute Gasteiger partial charge is 0.339 e. The Morgan fingerprint density at radius 3 is 3.15 bits per heavy atom. The van der Waals surface area contributed by atoms with Crippen LogP contribution in [0.1, 0.15) is 50.9 Å². The van der Waals surface area contributed by atoms with E-state index >= 15 is 0 Å². The van der Waals surface area contributed by atoms with Crippen LogP contribution in [0.15, 0.2) is 18.5 Å². The number of hydroxylamine groups is 2. The summed E-state index contributed by atoms with van der Waals surface area (Å²) in [6.45, 7) is 2.74. The van der Waals surface area contributed by atoms with Gasteiger partial charge < -0.3 is 9.88 Å². The summed E-state index contributed by atoms with van der Waals surface area (Å²) >= 11 is 0. The molecule has 2 amide bonds. The third kappa shape index (κ3) is 3.85. The summed E-state index contributed by atoms with van der Waals surface area (Å²) in [4.78, 5) is 37.7. The molecule has 0 radical (unpaired) electrons. The van der Waals surface area contributed by atoms with Crippen LogP contribution in [0.4, 0.5) is 0 Å². The van der Waals surface area contributed by atoms with E-state index in [4.69, 9.17) is 0 Å². The predicted octanol–water partition coefficient (Wildman–Crippen LogP) is 2.28. The first-order chi connectivity index (χ1) is 12.6. The van der Waals surface area contributed by atoms with Gasteiger partial charge in [-0.1, -0.05) is 19.8 Å². The Hall–Kier alpha value is -2.48. The van der Waals surface area contributed by atoms with Crippen molar-refractivity contribution in [2.24, 2.45) is 5.92 Å². The number of amides is 2. The molecule has 8 nitrogen and oxygen atoms in total. The zero-order valence-corrected chi connectivity index (χ0v) is 15.0. The molecule has 0 aromatic carbocycles. The summed E-state index contributed by atoms with van der Waals surface area (Å²) in [6.07, 6.45) is 7.99. The Morgan fingerprint density at radius 2 is 2.42 bits per heavy atom. The minimum atomic E-state index is -0.406. The number of carbonyl (C=O) groups excluding carboxylic acids is 2. The Kier molecular flexibility index (Phi) is 5.82. The van der Waals surface area contributed by atoms with Crippen LogP contribution >= 0.6 is 0 Å². The van der Waals surface area contributed by atoms with Gasteiger partial charge in [-0.05, 0) is 25.3 Å². The molecule has 2 unspecified atom stereocenters. The van der Waals surface area contributed by atoms with Gasteiger partial charge in [0.2, 0.25) is 12.3 Å². The number of hydrogen-bond donors (Lipinski definition) is 2. The first kappa shape index (κ1) is 18.3. The van der Waals surface area contributed by atoms with Crippen molar-refractivity contribution in [1.82, 2.24) is 24.9 Å². The van der Waals surface area contributed by atoms with Crippen molar-refractivity contribution in [3.63, 3.8) is 0 Å². The third-order valence-electron chi connectivity index (χ3n) is 4.94. The lowest BCUT2D eigenvalue weighted by molar-refractivity contribution is -0.157. The van der Waals surface area contributed by atoms with Crippen molar-refractivity contribution in [3.05, 3.63) is 24.3 Å². The predicted molar refractivity (Wildman–Crippen MR) is 95.1 cm³/mol. The van der Waals surface area contributed by atoms with Crippen LogP contribution in [0.3, 0.4) is 0 Å². The van der Waals surface area contributed by atoms with Gasteiger partial charge in [0.1, 0.15) is 5.82 Å². The minimum absolute atomic E-state index is 0.0234. The zero-order valence-electron chi connectivity index (χ0n) is 15.0. The fourth-order valence-corrected chi connectivity index (χ4v) is 3.60. The third-order valence-corrected chi connectivity index (χ3v) is 4.94. The fraction of sp³-hybridized carbons (Fsp3) is 0.556. The normalized spacial score (nSPS) is 18.2. The second kappa shape index (κ2) is 8.27. The lowest BCUT2D eigenvalue weighted by Crippen LogP contribution is -2.40. The smallest absolute Gasteiger partial charge is 0.233 e. The topological polar surface area (TPSA) is 102 Å². The van der Waals surface area contributed by atoms with E-state index in [2.05, 4.69) is 21.9 Å². The van der Waals surface area contributed by atoms with E-state index in [-0.39, 0.29) is 18.5 Å². The monoisotopic (exact) mass is 359 g/mol. The molecule has 1 fully saturated rings. The highest BCUT2D eigenvalue weighted by Crippen LogP contribution is 2.33. The number of imidazole rings is 1. The number of rotatable bonds is 8. The Morgan fingerprint density at radius 1 is 1.58 bits per heavy atom. The van der Waals surface area contributed by atoms with E-state index in [0.717, 1.165) is 42.5 Å². The molecule has 26 heavy (non-hydrogen) atoms. The van der Waals surface area contributed by atoms with E-state index in [9.17, 15) is 14.8 Å². The van der Waals surface area contributed by atoms with Crippen LogP contribution in [-0.4, -0.2) is 55.5 Å². The van der Waals surface area contributed by atoms with Crippen LogP contribution in [-0.2, 0) is 9.59 Å². The van der Waals surface area contributed by atoms with Crippen molar-refractivity contribution in [2.45, 2.75) is 45.1 Å². The number of unbranched alkanes of at least 4 members (excludes halogenated alkanes) is 1. The number of aromatic amines is 1. The van der Waals surface area contributed by atoms with E-state index < -0.39 is 5.92 Å². The molecule has 1 saturated heterocycles. The number of nitrogens with zero attached hydrogens (tertiary/aromatic N) is 4. The van der Waals surface area contributed by atoms with Crippen LogP contribution < -0.4 is 0 Å². The Balaban J connectivity index is 1.80. The summed E-state index contributed by atoms with van der Waals surface area (Å²) < 4.78 is 0. The molecular weight excluding hydrogens is 334 g/mol. The maximum atomic E-state index is 13.1. The summed E-state index contributed by atoms with van der Waals surface area (Å²) in [7, 11) is 0. The molecule has 2 N–H and O–H groups in total. The average molecular weight is 359 g/mol. The molecular formula is C18H25N5O3. The second-order valence-electron chi connectivity index (χ2n) is 6.77. The van der Waals surface area contributed by atoms with Crippen molar-refractivity contribution in [3.8, 4) is 0 Å². The number of H-pyrrole nitrogens is 1. The van der Waals surface area contributed by atoms with Crippen LogP contribution in [0.5, 0.6) is 0 Å². The highest BCUT2D eigenvalue weighted by Gasteiger charge is 2.35. The number of nitrogens with one attached hydrogen (secondary N) is 1. The van der Waals surface area contributed by atoms with Gasteiger partial charge in [-0.15, -0.1) is 0 Å². The van der Waals surface area contributed by atoms with Gasteiger partial charge in [-0.25, -0.2) is 10.0 Å². The molecule has 0 saturated carbocycles. The molecule has 140 valence electrons. The molecule has 3 heterocycles. The van der Waals surface area contributed by atoms with E-state index in [1.807, 2.05) is 11.0 Å². The van der Waals surface area contributed by atoms with Crippen LogP contribution in [0.2, 0.25) is 0 Å². The molecule has 0 bridgehead atoms. The van der Waals surface area contributed by atoms with Gasteiger partial charge in [-0.3, -0.25) is 19.8 Å². The number of pyridine rings is 1. The minimum Gasteiger partial charge on any atom is -0.339 e. The van der Waals surface area contributed by atoms with E-state index in [0.29, 0.717) is 24.4 Å². The highest BCUT2D eigenvalue weighted by atomic mass is 16.5. The number of hydrogen-bond acceptors (Lipinski definition) is 5. The number of aromatic nitrogens is 3. The maximum Gasteiger partial charge on any atom is 0.233 e. The summed E-state index contributed by atoms with van der Waals surface area (Å²) in [5.74, 6) is 0.335. The SMILES string of the molecule is CCCCC(CN(O)C=O)C(=O)N1CCCC1c1nc2ccncc2[nH]1. The first-order valence-electron chi connectivity index (χ1n) is 9.15. The van der Waals surface area contributed by atoms with Gasteiger partial charge >= 0.3 is 0 Å². The first-order valence-corrected chi connectivity index (χ1v) is 9.15. The number of carbonyl (C=O) groups is 2. The zero-order chi connectivity index (χ0) is 18.5. The van der Waals surface area contributed by atoms with Crippen LogP contribution in [0.25, 0.3) is 11.0 Å². The van der Waals surface area contributed by atoms with Gasteiger partial charge in [0.15, 0.2) is 0 Å². The van der Waals surface area contributed by atoms with Gasteiger partial charge in [-0.2, -0.15) is 0 Å². The van der Waals surface area contributed by atoms with Crippen molar-refractivity contribution >= 4 is 23.4 Å². The standard InChI is InChI=1S/C18H25N5O3/c1-2-3-5-13(11-22(26)12-24)18(25)23-9-4-6-16(23)17-20-14-7-8-19-10-15(14)21-17/h7-8,10,12-13,16,26H,2-6,9,11H2,1H3,(H,20,21). The quantitative estimate of drug-likeness (QED) is 0.428.